The van der Waals surface area contributed by atoms with Crippen LogP contribution in [-0.4, -0.2) is 10.2 Å². The van der Waals surface area contributed by atoms with E-state index in [-0.39, 0.29) is 10.8 Å². The first kappa shape index (κ1) is 21.0. The van der Waals surface area contributed by atoms with Gasteiger partial charge in [-0.05, 0) is 65.6 Å². The third-order valence-corrected chi connectivity index (χ3v) is 5.96. The highest BCUT2D eigenvalue weighted by Gasteiger charge is 2.29. The number of fused-ring (bicyclic) bond motifs is 1. The van der Waals surface area contributed by atoms with E-state index in [0.29, 0.717) is 0 Å². The van der Waals surface area contributed by atoms with Crippen molar-refractivity contribution >= 4 is 16.7 Å². The third-order valence-electron chi connectivity index (χ3n) is 5.96. The van der Waals surface area contributed by atoms with Crippen LogP contribution in [0.4, 0.5) is 5.69 Å². The van der Waals surface area contributed by atoms with Crippen molar-refractivity contribution < 1.29 is 0 Å². The Labute approximate surface area is 175 Å². The van der Waals surface area contributed by atoms with Crippen LogP contribution in [0, 0.1) is 6.92 Å². The molecule has 1 aliphatic carbocycles. The van der Waals surface area contributed by atoms with E-state index in [9.17, 15) is 0 Å². The van der Waals surface area contributed by atoms with Crippen LogP contribution in [0.25, 0.3) is 11.0 Å². The molecule has 154 valence electrons. The Morgan fingerprint density at radius 3 is 1.97 bits per heavy atom. The van der Waals surface area contributed by atoms with E-state index in [2.05, 4.69) is 82.1 Å². The molecule has 1 aliphatic rings. The summed E-state index contributed by atoms with van der Waals surface area (Å²) in [6.07, 6.45) is 9.23. The van der Waals surface area contributed by atoms with E-state index < -0.39 is 0 Å². The number of benzene rings is 2. The van der Waals surface area contributed by atoms with Crippen molar-refractivity contribution in [1.82, 2.24) is 10.2 Å². The van der Waals surface area contributed by atoms with Gasteiger partial charge in [0, 0.05) is 11.1 Å². The summed E-state index contributed by atoms with van der Waals surface area (Å²) in [6.45, 7) is 13.5. The number of aromatic nitrogens is 2. The van der Waals surface area contributed by atoms with Crippen LogP contribution in [0.2, 0.25) is 0 Å². The zero-order valence-corrected chi connectivity index (χ0v) is 18.7. The van der Waals surface area contributed by atoms with Crippen LogP contribution in [0.1, 0.15) is 64.2 Å². The highest BCUT2D eigenvalue weighted by atomic mass is 15.1. The van der Waals surface area contributed by atoms with Crippen molar-refractivity contribution in [2.75, 3.05) is 5.73 Å². The molecule has 0 atom stereocenters. The van der Waals surface area contributed by atoms with Crippen LogP contribution in [-0.2, 0) is 10.8 Å². The molecule has 0 radical (unpaired) electrons. The summed E-state index contributed by atoms with van der Waals surface area (Å²) < 4.78 is 0. The van der Waals surface area contributed by atoms with Gasteiger partial charge in [-0.2, -0.15) is 0 Å². The van der Waals surface area contributed by atoms with Crippen molar-refractivity contribution in [3.8, 4) is 0 Å². The van der Waals surface area contributed by atoms with Crippen LogP contribution in [0.5, 0.6) is 0 Å². The van der Waals surface area contributed by atoms with Crippen molar-refractivity contribution in [3.63, 3.8) is 0 Å². The first-order chi connectivity index (χ1) is 13.6. The second-order valence-corrected chi connectivity index (χ2v) is 9.55. The summed E-state index contributed by atoms with van der Waals surface area (Å²) in [5, 5.41) is 5.88. The summed E-state index contributed by atoms with van der Waals surface area (Å²) in [5.41, 5.74) is 15.0. The molecule has 1 aromatic heterocycles. The molecular weight excluding hydrogens is 354 g/mol. The quantitative estimate of drug-likeness (QED) is 0.409. The molecule has 0 unspecified atom stereocenters. The van der Waals surface area contributed by atoms with Crippen LogP contribution < -0.4 is 5.73 Å². The minimum atomic E-state index is -0.00359. The molecule has 0 aliphatic heterocycles. The van der Waals surface area contributed by atoms with Gasteiger partial charge in [0.15, 0.2) is 0 Å². The highest BCUT2D eigenvalue weighted by molar-refractivity contribution is 5.75. The zero-order chi connectivity index (χ0) is 21.2. The first-order valence-electron chi connectivity index (χ1n) is 10.5. The predicted octanol–water partition coefficient (Wildman–Crippen LogP) is 6.92. The van der Waals surface area contributed by atoms with Gasteiger partial charge in [0.05, 0.1) is 11.0 Å². The van der Waals surface area contributed by atoms with Crippen molar-refractivity contribution in [1.29, 1.82) is 0 Å². The molecule has 0 saturated heterocycles. The monoisotopic (exact) mass is 389 g/mol. The Hall–Kier alpha value is -2.68. The van der Waals surface area contributed by atoms with Crippen molar-refractivity contribution in [2.24, 2.45) is 0 Å². The molecule has 0 spiro atoms. The normalized spacial score (nSPS) is 14.5. The number of nitrogens with one attached hydrogen (secondary N) is 2. The van der Waals surface area contributed by atoms with Gasteiger partial charge in [0.1, 0.15) is 0 Å². The SMILES string of the molecule is Cc1c(N)cc(C(C)(C)C)cc1C(C)(C)C1=CCCC=C1.c1ccc2[nH][nH]c2c1. The summed E-state index contributed by atoms with van der Waals surface area (Å²) in [5.74, 6) is 0. The Kier molecular flexibility index (Phi) is 5.79. The van der Waals surface area contributed by atoms with Crippen LogP contribution >= 0.6 is 0 Å². The van der Waals surface area contributed by atoms with Gasteiger partial charge in [0.25, 0.3) is 0 Å². The van der Waals surface area contributed by atoms with Gasteiger partial charge in [-0.25, -0.2) is 0 Å². The predicted molar refractivity (Wildman–Crippen MR) is 126 cm³/mol. The first-order valence-corrected chi connectivity index (χ1v) is 10.5. The molecule has 1 heterocycles. The number of rotatable bonds is 2. The molecule has 0 amide bonds. The summed E-state index contributed by atoms with van der Waals surface area (Å²) in [4.78, 5) is 0. The number of anilines is 1. The fourth-order valence-corrected chi connectivity index (χ4v) is 3.82. The average Bonchev–Trinajstić information content (AvgIpc) is 2.65. The van der Waals surface area contributed by atoms with Gasteiger partial charge in [-0.15, -0.1) is 0 Å². The Morgan fingerprint density at radius 2 is 1.52 bits per heavy atom. The lowest BCUT2D eigenvalue weighted by Gasteiger charge is -2.33. The number of hydrogen-bond acceptors (Lipinski definition) is 1. The fraction of sp³-hybridized carbons (Fsp3) is 0.385. The second kappa shape index (κ2) is 7.98. The highest BCUT2D eigenvalue weighted by Crippen LogP contribution is 2.40. The number of hydrogen-bond donors (Lipinski definition) is 3. The standard InChI is InChI=1S/C20H29N.C6H6N2/c1-14-17(12-16(13-18(14)21)19(2,3)4)20(5,6)15-10-8-7-9-11-15;1-2-4-6-5(3-1)7-8-6/h8,10-13H,7,9,21H2,1-6H3;1-4,7-8H. The maximum absolute atomic E-state index is 6.31. The fourth-order valence-electron chi connectivity index (χ4n) is 3.82. The molecule has 0 fully saturated rings. The molecule has 4 N–H and O–H groups in total. The van der Waals surface area contributed by atoms with Gasteiger partial charge in [-0.1, -0.05) is 71.0 Å². The Balaban J connectivity index is 0.000000246. The van der Waals surface area contributed by atoms with E-state index in [4.69, 9.17) is 5.73 Å². The molecule has 3 aromatic rings. The van der Waals surface area contributed by atoms with Gasteiger partial charge >= 0.3 is 0 Å². The topological polar surface area (TPSA) is 57.6 Å². The van der Waals surface area contributed by atoms with E-state index in [1.54, 1.807) is 0 Å². The minimum absolute atomic E-state index is 0.00359. The molecule has 3 heteroatoms. The van der Waals surface area contributed by atoms with Gasteiger partial charge < -0.3 is 5.73 Å². The molecule has 4 rings (SSSR count). The molecule has 0 saturated carbocycles. The largest absolute Gasteiger partial charge is 0.398 e. The van der Waals surface area contributed by atoms with Gasteiger partial charge in [-0.3, -0.25) is 10.2 Å². The van der Waals surface area contributed by atoms with Crippen LogP contribution in [0.15, 0.2) is 60.2 Å². The summed E-state index contributed by atoms with van der Waals surface area (Å²) in [6, 6.07) is 12.6. The zero-order valence-electron chi connectivity index (χ0n) is 18.7. The third kappa shape index (κ3) is 4.50. The summed E-state index contributed by atoms with van der Waals surface area (Å²) >= 11 is 0. The van der Waals surface area contributed by atoms with E-state index in [1.165, 1.54) is 33.3 Å². The number of nitrogens with two attached hydrogens (primary N) is 1. The maximum Gasteiger partial charge on any atom is 0.0789 e. The summed E-state index contributed by atoms with van der Waals surface area (Å²) in [7, 11) is 0. The molecular formula is C26H35N3. The number of H-pyrrole nitrogens is 2. The Bertz CT molecular complexity index is 1010. The lowest BCUT2D eigenvalue weighted by molar-refractivity contribution is 0.580. The molecule has 2 aromatic carbocycles. The lowest BCUT2D eigenvalue weighted by atomic mass is 9.72. The second-order valence-electron chi connectivity index (χ2n) is 9.55. The minimum Gasteiger partial charge on any atom is -0.398 e. The average molecular weight is 390 g/mol. The number of aromatic amines is 2. The Morgan fingerprint density at radius 1 is 0.897 bits per heavy atom. The lowest BCUT2D eigenvalue weighted by Crippen LogP contribution is -2.24. The number of para-hydroxylation sites is 2. The smallest absolute Gasteiger partial charge is 0.0789 e. The van der Waals surface area contributed by atoms with Crippen LogP contribution in [0.3, 0.4) is 0 Å². The molecule has 3 nitrogen and oxygen atoms in total. The maximum atomic E-state index is 6.31. The molecule has 29 heavy (non-hydrogen) atoms. The van der Waals surface area contributed by atoms with Gasteiger partial charge in [0.2, 0.25) is 0 Å². The number of nitrogen functional groups attached to an aromatic ring is 1. The van der Waals surface area contributed by atoms with E-state index in [0.717, 1.165) is 18.5 Å². The van der Waals surface area contributed by atoms with Crippen molar-refractivity contribution in [3.05, 3.63) is 76.9 Å². The number of allylic oxidation sites excluding steroid dienone is 4. The van der Waals surface area contributed by atoms with E-state index in [1.807, 2.05) is 24.3 Å². The van der Waals surface area contributed by atoms with Crippen molar-refractivity contribution in [2.45, 2.75) is 65.2 Å². The molecule has 0 bridgehead atoms. The van der Waals surface area contributed by atoms with E-state index >= 15 is 0 Å².